The van der Waals surface area contributed by atoms with Crippen LogP contribution in [-0.2, 0) is 71.9 Å². The lowest BCUT2D eigenvalue weighted by molar-refractivity contribution is -0.143. The molecule has 0 aromatic carbocycles. The molecule has 0 bridgehead atoms. The van der Waals surface area contributed by atoms with Gasteiger partial charge in [-0.2, -0.15) is 11.8 Å². The van der Waals surface area contributed by atoms with Crippen molar-refractivity contribution in [3.8, 4) is 0 Å². The molecule has 33 nitrogen and oxygen atoms in total. The summed E-state index contributed by atoms with van der Waals surface area (Å²) in [7, 11) is 0. The van der Waals surface area contributed by atoms with Crippen molar-refractivity contribution in [3.05, 3.63) is 12.2 Å². The van der Waals surface area contributed by atoms with E-state index in [1.807, 2.05) is 12.2 Å². The van der Waals surface area contributed by atoms with Gasteiger partial charge in [0.15, 0.2) is 11.7 Å². The normalized spacial score (nSPS) is 23.6. The molecule has 0 aliphatic carbocycles. The van der Waals surface area contributed by atoms with Crippen molar-refractivity contribution >= 4 is 106 Å². The highest BCUT2D eigenvalue weighted by atomic mass is 32.2. The minimum absolute atomic E-state index is 0.00237. The predicted molar refractivity (Wildman–Crippen MR) is 389 cm³/mol. The fourth-order valence-corrected chi connectivity index (χ4v) is 12.1. The number of nitrogens with two attached hydrogens (primary N) is 5. The number of ketones is 3. The zero-order chi connectivity index (χ0) is 78.2. The Kier molecular flexibility index (Phi) is 44.0. The van der Waals surface area contributed by atoms with E-state index in [9.17, 15) is 72.5 Å². The summed E-state index contributed by atoms with van der Waals surface area (Å²) in [5.74, 6) is -15.3. The van der Waals surface area contributed by atoms with Gasteiger partial charge in [-0.05, 0) is 146 Å². The number of unbranched alkanes of at least 4 members (excludes halogenated alkanes) is 1. The second-order valence-electron chi connectivity index (χ2n) is 28.0. The molecule has 0 saturated carbocycles. The van der Waals surface area contributed by atoms with Crippen LogP contribution < -0.4 is 82.1 Å². The number of hydrogen-bond acceptors (Lipinski definition) is 20. The van der Waals surface area contributed by atoms with Gasteiger partial charge >= 0.3 is 11.9 Å². The van der Waals surface area contributed by atoms with Gasteiger partial charge in [-0.15, -0.1) is 0 Å². The lowest BCUT2D eigenvalue weighted by Crippen LogP contribution is -2.62. The number of Topliss-reactive ketones (excluding diaryl/α,β-unsaturated/α-hetero) is 3. The van der Waals surface area contributed by atoms with Crippen molar-refractivity contribution < 1.29 is 82.1 Å². The lowest BCUT2D eigenvalue weighted by atomic mass is 9.77. The number of carboxylic acids is 2. The molecule has 34 heteroatoms. The fourth-order valence-electron chi connectivity index (χ4n) is 11.6. The molecule has 0 aromatic heterocycles. The largest absolute Gasteiger partial charge is 0.481 e. The molecule has 0 unspecified atom stereocenters. The zero-order valence-electron chi connectivity index (χ0n) is 61.9. The quantitative estimate of drug-likeness (QED) is 0.0139. The maximum atomic E-state index is 15.0. The number of rotatable bonds is 33. The summed E-state index contributed by atoms with van der Waals surface area (Å²) in [5, 5.41) is 40.8. The third-order valence-corrected chi connectivity index (χ3v) is 18.4. The van der Waals surface area contributed by atoms with Crippen molar-refractivity contribution in [1.82, 2.24) is 53.4 Å². The van der Waals surface area contributed by atoms with Gasteiger partial charge in [0.05, 0.1) is 23.9 Å². The molecular weight excluding hydrogens is 1360 g/mol. The summed E-state index contributed by atoms with van der Waals surface area (Å²) in [6.07, 6.45) is 6.25. The molecule has 1 heterocycles. The van der Waals surface area contributed by atoms with E-state index in [1.165, 1.54) is 32.5 Å². The van der Waals surface area contributed by atoms with E-state index in [-0.39, 0.29) is 102 Å². The van der Waals surface area contributed by atoms with Crippen LogP contribution in [0.5, 0.6) is 0 Å². The first-order valence-corrected chi connectivity index (χ1v) is 37.2. The number of hydrogen-bond donors (Lipinski definition) is 17. The van der Waals surface area contributed by atoms with Crippen LogP contribution in [0, 0.1) is 23.2 Å². The first-order chi connectivity index (χ1) is 48.3. The maximum Gasteiger partial charge on any atom is 0.303 e. The number of carboxylic acid groups (broad SMARTS) is 2. The highest BCUT2D eigenvalue weighted by molar-refractivity contribution is 7.98. The van der Waals surface area contributed by atoms with E-state index in [0.29, 0.717) is 50.7 Å². The third-order valence-electron chi connectivity index (χ3n) is 17.7. The zero-order valence-corrected chi connectivity index (χ0v) is 62.8. The monoisotopic (exact) mass is 1480 g/mol. The second-order valence-corrected chi connectivity index (χ2v) is 29.0. The predicted octanol–water partition coefficient (Wildman–Crippen LogP) is 0.455. The summed E-state index contributed by atoms with van der Waals surface area (Å²) in [4.78, 5) is 211. The van der Waals surface area contributed by atoms with Crippen LogP contribution >= 0.6 is 11.8 Å². The van der Waals surface area contributed by atoms with Gasteiger partial charge in [-0.1, -0.05) is 86.3 Å². The van der Waals surface area contributed by atoms with E-state index < -0.39 is 198 Å². The smallest absolute Gasteiger partial charge is 0.303 e. The third kappa shape index (κ3) is 36.7. The Labute approximate surface area is 609 Å². The minimum Gasteiger partial charge on any atom is -0.481 e. The van der Waals surface area contributed by atoms with Gasteiger partial charge in [0, 0.05) is 32.7 Å². The van der Waals surface area contributed by atoms with Crippen LogP contribution in [0.1, 0.15) is 216 Å². The van der Waals surface area contributed by atoms with E-state index in [0.717, 1.165) is 0 Å². The van der Waals surface area contributed by atoms with E-state index in [4.69, 9.17) is 28.7 Å². The van der Waals surface area contributed by atoms with Crippen LogP contribution in [0.3, 0.4) is 0 Å². The molecule has 0 spiro atoms. The van der Waals surface area contributed by atoms with Crippen LogP contribution in [0.4, 0.5) is 0 Å². The summed E-state index contributed by atoms with van der Waals surface area (Å²) in [6.45, 7) is 14.6. The first kappa shape index (κ1) is 92.9. The Morgan fingerprint density at radius 3 is 1.74 bits per heavy atom. The second kappa shape index (κ2) is 48.8. The highest BCUT2D eigenvalue weighted by Gasteiger charge is 2.44. The van der Waals surface area contributed by atoms with Crippen LogP contribution in [0.15, 0.2) is 17.1 Å². The number of primary amides is 2. The van der Waals surface area contributed by atoms with Crippen molar-refractivity contribution in [1.29, 1.82) is 0 Å². The molecule has 0 radical (unpaired) electrons. The van der Waals surface area contributed by atoms with Crippen molar-refractivity contribution in [3.63, 3.8) is 0 Å². The lowest BCUT2D eigenvalue weighted by Gasteiger charge is -2.32. The molecule has 584 valence electrons. The number of guanidine groups is 1. The molecular formula is C69H120N16O17S. The van der Waals surface area contributed by atoms with E-state index in [1.54, 1.807) is 47.8 Å². The first-order valence-electron chi connectivity index (χ1n) is 35.8. The molecule has 0 aromatic rings. The summed E-state index contributed by atoms with van der Waals surface area (Å²) < 4.78 is 0. The highest BCUT2D eigenvalue weighted by Crippen LogP contribution is 2.32. The number of carbonyl (C=O) groups excluding carboxylic acids is 13. The molecule has 1 aliphatic heterocycles. The number of nitrogens with zero attached hydrogens (tertiary/aromatic N) is 1. The number of aliphatic carboxylic acids is 2. The molecule has 1 rings (SSSR count). The van der Waals surface area contributed by atoms with Crippen molar-refractivity contribution in [2.45, 2.75) is 276 Å². The maximum absolute atomic E-state index is 15.0. The van der Waals surface area contributed by atoms with Gasteiger partial charge in [0.25, 0.3) is 0 Å². The number of thioether (sulfide) groups is 1. The van der Waals surface area contributed by atoms with Crippen LogP contribution in [-0.4, -0.2) is 190 Å². The Morgan fingerprint density at radius 1 is 0.641 bits per heavy atom. The number of allylic oxidation sites excluding steroid dienone is 2. The van der Waals surface area contributed by atoms with E-state index >= 15 is 9.59 Å². The number of nitrogens with one attached hydrogen (secondary N) is 10. The number of amides is 10. The molecule has 12 atom stereocenters. The summed E-state index contributed by atoms with van der Waals surface area (Å²) in [6, 6.07) is -13.0. The van der Waals surface area contributed by atoms with Crippen molar-refractivity contribution in [2.24, 2.45) is 56.8 Å². The molecule has 103 heavy (non-hydrogen) atoms. The summed E-state index contributed by atoms with van der Waals surface area (Å²) in [5.41, 5.74) is 30.2. The molecule has 22 N–H and O–H groups in total. The van der Waals surface area contributed by atoms with Gasteiger partial charge in [-0.25, -0.2) is 10.9 Å². The molecule has 0 saturated heterocycles. The standard InChI is InChI=1S/C69H120N16O17S/c1-11-42(6)56-65(101)78-46(24-19-22-33-70)60(96)77-47(27-29-55(91)92)61(97)79-49(36-40(2)3)52(87)39-68(8,66(102)81-51(38-53(71)88)64(100)80-50(37-41(4)5)63(99)76-45(59(72)95)30-35-103-10)31-20-17-15-13-12-14-16-18-21-32-69(9,83-43(7)86)58(94)57(93)44(26-28-54(89)90)84-85-48(62(98)82-56)25-23-34-75-67(73)74/h13,15,40-42,44-51,56,84-85H,11-12,14,16-39,70H2,1-10H3,(H2,71,88)(H2,72,95)(H,76,99)(H,77,96)(H,78,101)(H,79,97)(H,80,100)(H,81,102)(H,82,98)(H,83,86)(H,89,90)(H,91,92)(H4,73,74,75)/t42-,44-,45-,46-,47-,48-,49-,50-,51-,56-,68+,69+/m0/s1. The Hall–Kier alpha value is -8.11. The Balaban J connectivity index is 4.25. The Morgan fingerprint density at radius 2 is 1.18 bits per heavy atom. The van der Waals surface area contributed by atoms with Crippen LogP contribution in [0.25, 0.3) is 0 Å². The van der Waals surface area contributed by atoms with Gasteiger partial charge < -0.3 is 81.4 Å². The Bertz CT molecular complexity index is 2910. The van der Waals surface area contributed by atoms with Crippen molar-refractivity contribution in [2.75, 3.05) is 25.1 Å². The average Bonchev–Trinajstić information content (AvgIpc) is 0.829. The molecule has 1 aliphatic rings. The number of aliphatic imine (C=N–C) groups is 1. The minimum atomic E-state index is -1.76. The fraction of sp³-hybridized carbons (Fsp3) is 0.739. The van der Waals surface area contributed by atoms with Gasteiger partial charge in [-0.3, -0.25) is 76.9 Å². The average molecular weight is 1480 g/mol. The van der Waals surface area contributed by atoms with Gasteiger partial charge in [0.1, 0.15) is 47.8 Å². The van der Waals surface area contributed by atoms with Gasteiger partial charge in [0.2, 0.25) is 70.6 Å². The molecule has 0 fully saturated rings. The van der Waals surface area contributed by atoms with E-state index in [2.05, 4.69) is 58.4 Å². The summed E-state index contributed by atoms with van der Waals surface area (Å²) >= 11 is 1.41. The van der Waals surface area contributed by atoms with Crippen LogP contribution in [0.2, 0.25) is 0 Å². The topological polar surface area (TPSA) is 559 Å². The number of hydrazine groups is 1. The number of carbonyl (C=O) groups is 15. The molecule has 10 amide bonds. The SMILES string of the molecule is CC[C@H](C)[C@@H]1NC(=O)[C@H](CCCN=C(N)N)NN[C@@H](CCC(=O)O)C(=O)C(=O)[C@](C)(NC(C)=O)CCCCCCC=CCCC[C@@](C)(C(=O)N[C@@H](CC(N)=O)C(=O)N[C@@H](CC(C)C)C(=O)N[C@@H](CCSC)C(N)=O)CC(=O)[C@H](CC(C)C)NC(=O)[C@H](CCC(=O)O)NC(=O)[C@H](CCCCN)NC1=O.